The molecule has 0 aliphatic heterocycles. The summed E-state index contributed by atoms with van der Waals surface area (Å²) in [7, 11) is 0. The Morgan fingerprint density at radius 1 is 0.714 bits per heavy atom. The minimum absolute atomic E-state index is 0.0200. The number of esters is 2. The number of carbonyl (C=O) groups is 2. The first-order valence-electron chi connectivity index (χ1n) is 11.1. The van der Waals surface area contributed by atoms with Crippen molar-refractivity contribution in [3.63, 3.8) is 0 Å². The van der Waals surface area contributed by atoms with E-state index in [1.807, 2.05) is 27.7 Å². The van der Waals surface area contributed by atoms with Crippen LogP contribution in [0.4, 0.5) is 0 Å². The van der Waals surface area contributed by atoms with Crippen molar-refractivity contribution in [1.82, 2.24) is 0 Å². The van der Waals surface area contributed by atoms with Crippen molar-refractivity contribution >= 4 is 11.9 Å². The fourth-order valence-corrected chi connectivity index (χ4v) is 3.15. The van der Waals surface area contributed by atoms with Gasteiger partial charge in [-0.05, 0) is 38.5 Å². The fourth-order valence-electron chi connectivity index (χ4n) is 3.15. The summed E-state index contributed by atoms with van der Waals surface area (Å²) in [6, 6.07) is 0. The van der Waals surface area contributed by atoms with Gasteiger partial charge in [0, 0.05) is 24.7 Å². The van der Waals surface area contributed by atoms with Crippen molar-refractivity contribution in [1.29, 1.82) is 0 Å². The van der Waals surface area contributed by atoms with Gasteiger partial charge in [-0.1, -0.05) is 40.5 Å². The Morgan fingerprint density at radius 3 is 1.36 bits per heavy atom. The molecule has 0 radical (unpaired) electrons. The molecular formula is C22H42O6. The molecular weight excluding hydrogens is 360 g/mol. The first-order valence-corrected chi connectivity index (χ1v) is 11.1. The first-order chi connectivity index (χ1) is 13.4. The number of aliphatic hydroxyl groups excluding tert-OH is 2. The average Bonchev–Trinajstić information content (AvgIpc) is 2.66. The van der Waals surface area contributed by atoms with Gasteiger partial charge in [-0.2, -0.15) is 0 Å². The molecule has 0 heterocycles. The van der Waals surface area contributed by atoms with Crippen LogP contribution in [0.1, 0.15) is 91.9 Å². The van der Waals surface area contributed by atoms with E-state index in [1.54, 1.807) is 0 Å². The van der Waals surface area contributed by atoms with Crippen LogP contribution in [0.2, 0.25) is 0 Å². The lowest BCUT2D eigenvalue weighted by Crippen LogP contribution is -2.26. The van der Waals surface area contributed by atoms with Gasteiger partial charge in [0.25, 0.3) is 0 Å². The molecule has 0 amide bonds. The van der Waals surface area contributed by atoms with Crippen molar-refractivity contribution in [2.24, 2.45) is 11.8 Å². The van der Waals surface area contributed by atoms with Gasteiger partial charge >= 0.3 is 11.9 Å². The van der Waals surface area contributed by atoms with Crippen LogP contribution in [0.5, 0.6) is 0 Å². The van der Waals surface area contributed by atoms with E-state index in [0.717, 1.165) is 25.7 Å². The molecule has 0 aliphatic carbocycles. The maximum Gasteiger partial charge on any atom is 0.305 e. The van der Waals surface area contributed by atoms with Gasteiger partial charge < -0.3 is 19.7 Å². The fraction of sp³-hybridized carbons (Fsp3) is 0.909. The Balaban J connectivity index is 3.93. The number of rotatable bonds is 17. The second-order valence-electron chi connectivity index (χ2n) is 7.62. The van der Waals surface area contributed by atoms with Crippen molar-refractivity contribution in [3.8, 4) is 0 Å². The lowest BCUT2D eigenvalue weighted by Gasteiger charge is -2.21. The number of hydrogen-bond donors (Lipinski definition) is 2. The quantitative estimate of drug-likeness (QED) is 0.282. The molecule has 0 spiro atoms. The van der Waals surface area contributed by atoms with E-state index in [-0.39, 0.29) is 49.8 Å². The van der Waals surface area contributed by atoms with Gasteiger partial charge in [0.15, 0.2) is 0 Å². The number of aliphatic hydroxyl groups is 2. The molecule has 166 valence electrons. The highest BCUT2D eigenvalue weighted by Crippen LogP contribution is 2.16. The zero-order chi connectivity index (χ0) is 21.4. The van der Waals surface area contributed by atoms with Crippen LogP contribution < -0.4 is 0 Å². The molecule has 6 heteroatoms. The Kier molecular flexibility index (Phi) is 16.1. The van der Waals surface area contributed by atoms with Crippen LogP contribution in [-0.2, 0) is 19.1 Å². The lowest BCUT2D eigenvalue weighted by molar-refractivity contribution is -0.148. The smallest absolute Gasteiger partial charge is 0.305 e. The number of ether oxygens (including phenoxy) is 2. The molecule has 0 saturated carbocycles. The first kappa shape index (κ1) is 26.9. The molecule has 0 aromatic carbocycles. The van der Waals surface area contributed by atoms with Gasteiger partial charge in [-0.3, -0.25) is 9.59 Å². The second-order valence-corrected chi connectivity index (χ2v) is 7.62. The monoisotopic (exact) mass is 402 g/mol. The van der Waals surface area contributed by atoms with E-state index < -0.39 is 12.2 Å². The molecule has 0 aliphatic rings. The normalized spacial score (nSPS) is 15.5. The zero-order valence-corrected chi connectivity index (χ0v) is 18.3. The third kappa shape index (κ3) is 12.3. The van der Waals surface area contributed by atoms with Crippen molar-refractivity contribution < 1.29 is 29.3 Å². The highest BCUT2D eigenvalue weighted by molar-refractivity contribution is 5.70. The molecule has 0 bridgehead atoms. The van der Waals surface area contributed by atoms with Gasteiger partial charge in [0.2, 0.25) is 0 Å². The summed E-state index contributed by atoms with van der Waals surface area (Å²) in [5.41, 5.74) is 0. The van der Waals surface area contributed by atoms with Gasteiger partial charge in [0.05, 0.1) is 25.4 Å². The van der Waals surface area contributed by atoms with Gasteiger partial charge in [-0.25, -0.2) is 0 Å². The van der Waals surface area contributed by atoms with E-state index in [9.17, 15) is 19.8 Å². The topological polar surface area (TPSA) is 93.1 Å². The maximum absolute atomic E-state index is 11.8. The minimum Gasteiger partial charge on any atom is -0.465 e. The van der Waals surface area contributed by atoms with Crippen LogP contribution >= 0.6 is 0 Å². The van der Waals surface area contributed by atoms with Crippen LogP contribution in [-0.4, -0.2) is 47.6 Å². The van der Waals surface area contributed by atoms with E-state index in [0.29, 0.717) is 25.7 Å². The zero-order valence-electron chi connectivity index (χ0n) is 18.3. The third-order valence-corrected chi connectivity index (χ3v) is 5.23. The molecule has 0 fully saturated rings. The summed E-state index contributed by atoms with van der Waals surface area (Å²) in [5, 5.41) is 20.0. The van der Waals surface area contributed by atoms with E-state index in [2.05, 4.69) is 0 Å². The largest absolute Gasteiger partial charge is 0.465 e. The Bertz CT molecular complexity index is 374. The maximum atomic E-state index is 11.8. The summed E-state index contributed by atoms with van der Waals surface area (Å²) in [4.78, 5) is 23.7. The van der Waals surface area contributed by atoms with Crippen molar-refractivity contribution in [2.75, 3.05) is 13.2 Å². The summed E-state index contributed by atoms with van der Waals surface area (Å²) in [6.07, 6.45) is 5.57. The Labute approximate surface area is 171 Å². The highest BCUT2D eigenvalue weighted by Gasteiger charge is 2.20. The van der Waals surface area contributed by atoms with Gasteiger partial charge in [-0.15, -0.1) is 0 Å². The van der Waals surface area contributed by atoms with E-state index >= 15 is 0 Å². The molecule has 0 rings (SSSR count). The van der Waals surface area contributed by atoms with Gasteiger partial charge in [0.1, 0.15) is 0 Å². The minimum atomic E-state index is -0.430. The van der Waals surface area contributed by atoms with E-state index in [4.69, 9.17) is 9.47 Å². The molecule has 4 unspecified atom stereocenters. The predicted molar refractivity (Wildman–Crippen MR) is 110 cm³/mol. The predicted octanol–water partition coefficient (Wildman–Crippen LogP) is 4.01. The van der Waals surface area contributed by atoms with Crippen LogP contribution in [0.3, 0.4) is 0 Å². The second kappa shape index (κ2) is 16.8. The SMILES string of the molecule is CCCC(O)C(CC)COC(=O)CCCCC(=O)OCC(CC)C(O)CCC. The molecule has 4 atom stereocenters. The number of unbranched alkanes of at least 4 members (excludes halogenated alkanes) is 1. The van der Waals surface area contributed by atoms with Crippen LogP contribution in [0.25, 0.3) is 0 Å². The molecule has 0 saturated heterocycles. The third-order valence-electron chi connectivity index (χ3n) is 5.23. The highest BCUT2D eigenvalue weighted by atomic mass is 16.5. The summed E-state index contributed by atoms with van der Waals surface area (Å²) < 4.78 is 10.5. The van der Waals surface area contributed by atoms with Crippen LogP contribution in [0.15, 0.2) is 0 Å². The molecule has 0 aromatic heterocycles. The molecule has 0 aromatic rings. The average molecular weight is 403 g/mol. The standard InChI is InChI=1S/C22H42O6/c1-5-11-19(23)17(7-3)15-27-21(25)13-9-10-14-22(26)28-16-18(8-4)20(24)12-6-2/h17-20,23-24H,5-16H2,1-4H3. The summed E-state index contributed by atoms with van der Waals surface area (Å²) in [6.45, 7) is 8.49. The van der Waals surface area contributed by atoms with Crippen LogP contribution in [0, 0.1) is 11.8 Å². The van der Waals surface area contributed by atoms with E-state index in [1.165, 1.54) is 0 Å². The number of carbonyl (C=O) groups excluding carboxylic acids is 2. The van der Waals surface area contributed by atoms with Crippen molar-refractivity contribution in [2.45, 2.75) is 104 Å². The molecule has 6 nitrogen and oxygen atoms in total. The molecule has 28 heavy (non-hydrogen) atoms. The Morgan fingerprint density at radius 2 is 1.07 bits per heavy atom. The summed E-state index contributed by atoms with van der Waals surface area (Å²) in [5.74, 6) is -0.615. The summed E-state index contributed by atoms with van der Waals surface area (Å²) >= 11 is 0. The molecule has 2 N–H and O–H groups in total. The lowest BCUT2D eigenvalue weighted by atomic mass is 9.97. The number of hydrogen-bond acceptors (Lipinski definition) is 6. The Hall–Kier alpha value is -1.14. The van der Waals surface area contributed by atoms with Crippen molar-refractivity contribution in [3.05, 3.63) is 0 Å².